The lowest BCUT2D eigenvalue weighted by molar-refractivity contribution is -0.151. The molecule has 2 aromatic carbocycles. The van der Waals surface area contributed by atoms with Crippen molar-refractivity contribution in [2.24, 2.45) is 5.92 Å². The molecule has 2 aliphatic heterocycles. The molecule has 2 heterocycles. The fourth-order valence-electron chi connectivity index (χ4n) is 4.69. The van der Waals surface area contributed by atoms with Gasteiger partial charge in [0, 0.05) is 18.7 Å². The fraction of sp³-hybridized carbons (Fsp3) is 0.429. The highest BCUT2D eigenvalue weighted by Gasteiger charge is 2.33. The number of fused-ring (bicyclic) bond motifs is 1. The van der Waals surface area contributed by atoms with E-state index >= 15 is 0 Å². The molecular weight excluding hydrogens is 476 g/mol. The quantitative estimate of drug-likeness (QED) is 0.399. The van der Waals surface area contributed by atoms with E-state index in [1.165, 1.54) is 4.90 Å². The van der Waals surface area contributed by atoms with Crippen molar-refractivity contribution in [2.45, 2.75) is 33.6 Å². The number of carbonyl (C=O) groups is 4. The summed E-state index contributed by atoms with van der Waals surface area (Å²) in [6.07, 6.45) is 1.35. The number of anilines is 1. The van der Waals surface area contributed by atoms with Gasteiger partial charge >= 0.3 is 5.97 Å². The van der Waals surface area contributed by atoms with Crippen LogP contribution in [-0.2, 0) is 19.1 Å². The molecule has 2 aromatic rings. The lowest BCUT2D eigenvalue weighted by atomic mass is 9.98. The number of ether oxygens (including phenoxy) is 3. The zero-order chi connectivity index (χ0) is 26.5. The lowest BCUT2D eigenvalue weighted by Gasteiger charge is -2.34. The number of rotatable bonds is 8. The van der Waals surface area contributed by atoms with E-state index in [0.29, 0.717) is 48.7 Å². The van der Waals surface area contributed by atoms with Crippen molar-refractivity contribution in [2.75, 3.05) is 44.4 Å². The first-order valence-electron chi connectivity index (χ1n) is 12.5. The van der Waals surface area contributed by atoms with Crippen molar-refractivity contribution in [3.63, 3.8) is 0 Å². The number of carbonyl (C=O) groups excluding carboxylic acids is 4. The van der Waals surface area contributed by atoms with Crippen LogP contribution in [0.15, 0.2) is 36.4 Å². The molecule has 1 fully saturated rings. The van der Waals surface area contributed by atoms with Gasteiger partial charge in [-0.3, -0.25) is 24.1 Å². The van der Waals surface area contributed by atoms with Crippen LogP contribution in [-0.4, -0.2) is 67.9 Å². The predicted molar refractivity (Wildman–Crippen MR) is 136 cm³/mol. The van der Waals surface area contributed by atoms with Gasteiger partial charge in [-0.1, -0.05) is 6.07 Å². The number of amides is 2. The summed E-state index contributed by atoms with van der Waals surface area (Å²) in [7, 11) is 0. The van der Waals surface area contributed by atoms with Crippen LogP contribution in [0.5, 0.6) is 11.5 Å². The molecule has 9 nitrogen and oxygen atoms in total. The Hall–Kier alpha value is -3.88. The summed E-state index contributed by atoms with van der Waals surface area (Å²) < 4.78 is 16.4. The first kappa shape index (κ1) is 26.2. The summed E-state index contributed by atoms with van der Waals surface area (Å²) >= 11 is 0. The minimum absolute atomic E-state index is 0.168. The van der Waals surface area contributed by atoms with Crippen LogP contribution >= 0.6 is 0 Å². The number of hydrogen-bond donors (Lipinski definition) is 0. The van der Waals surface area contributed by atoms with Gasteiger partial charge in [0.05, 0.1) is 18.2 Å². The van der Waals surface area contributed by atoms with E-state index in [1.54, 1.807) is 30.0 Å². The van der Waals surface area contributed by atoms with Gasteiger partial charge in [0.15, 0.2) is 19.0 Å². The van der Waals surface area contributed by atoms with Gasteiger partial charge in [0.25, 0.3) is 5.91 Å². The van der Waals surface area contributed by atoms with E-state index < -0.39 is 0 Å². The van der Waals surface area contributed by atoms with Crippen LogP contribution in [0.25, 0.3) is 0 Å². The third kappa shape index (κ3) is 6.28. The van der Waals surface area contributed by atoms with Gasteiger partial charge in [-0.15, -0.1) is 0 Å². The average Bonchev–Trinajstić information content (AvgIpc) is 2.88. The van der Waals surface area contributed by atoms with Crippen molar-refractivity contribution in [1.29, 1.82) is 0 Å². The zero-order valence-electron chi connectivity index (χ0n) is 21.5. The highest BCUT2D eigenvalue weighted by molar-refractivity contribution is 6.04. The number of esters is 1. The molecule has 0 aliphatic carbocycles. The van der Waals surface area contributed by atoms with E-state index in [1.807, 2.05) is 32.0 Å². The largest absolute Gasteiger partial charge is 0.485 e. The standard InChI is InChI=1S/C28H32N2O7/c1-4-35-28(34)21-6-5-9-29(14-21)26(32)15-30-23-13-20(7-8-25(23)37-17-27(30)33)24(31)16-36-22-11-18(2)10-19(3)12-22/h7-8,10-13,21H,4-6,9,14-17H2,1-3H3/t21-/m1/s1. The Morgan fingerprint density at radius 1 is 1.08 bits per heavy atom. The van der Waals surface area contributed by atoms with Crippen LogP contribution < -0.4 is 14.4 Å². The average molecular weight is 509 g/mol. The molecule has 9 heteroatoms. The van der Waals surface area contributed by atoms with E-state index in [2.05, 4.69) is 0 Å². The van der Waals surface area contributed by atoms with Gasteiger partial charge in [-0.05, 0) is 75.1 Å². The van der Waals surface area contributed by atoms with Crippen molar-refractivity contribution in [3.05, 3.63) is 53.1 Å². The normalized spacial score (nSPS) is 17.1. The Bertz CT molecular complexity index is 1190. The van der Waals surface area contributed by atoms with E-state index in [-0.39, 0.29) is 55.8 Å². The second-order valence-electron chi connectivity index (χ2n) is 9.42. The second-order valence-corrected chi connectivity index (χ2v) is 9.42. The van der Waals surface area contributed by atoms with Gasteiger partial charge in [-0.25, -0.2) is 0 Å². The number of nitrogens with zero attached hydrogens (tertiary/aromatic N) is 2. The fourth-order valence-corrected chi connectivity index (χ4v) is 4.69. The molecular formula is C28H32N2O7. The molecule has 2 amide bonds. The molecule has 37 heavy (non-hydrogen) atoms. The summed E-state index contributed by atoms with van der Waals surface area (Å²) in [6.45, 7) is 6.15. The summed E-state index contributed by atoms with van der Waals surface area (Å²) in [5.41, 5.74) is 2.78. The Labute approximate surface area is 216 Å². The van der Waals surface area contributed by atoms with Gasteiger partial charge in [-0.2, -0.15) is 0 Å². The Kier molecular flexibility index (Phi) is 8.11. The topological polar surface area (TPSA) is 102 Å². The maximum Gasteiger partial charge on any atom is 0.310 e. The maximum absolute atomic E-state index is 13.1. The SMILES string of the molecule is CCOC(=O)[C@@H]1CCCN(C(=O)CN2C(=O)COc3ccc(C(=O)COc4cc(C)cc(C)c4)cc32)C1. The molecule has 1 atom stereocenters. The lowest BCUT2D eigenvalue weighted by Crippen LogP contribution is -2.49. The van der Waals surface area contributed by atoms with Crippen LogP contribution in [0, 0.1) is 19.8 Å². The van der Waals surface area contributed by atoms with Crippen LogP contribution in [0.3, 0.4) is 0 Å². The summed E-state index contributed by atoms with van der Waals surface area (Å²) in [5, 5.41) is 0. The van der Waals surface area contributed by atoms with E-state index in [4.69, 9.17) is 14.2 Å². The number of Topliss-reactive ketones (excluding diaryl/α,β-unsaturated/α-hetero) is 1. The Morgan fingerprint density at radius 2 is 1.84 bits per heavy atom. The van der Waals surface area contributed by atoms with Gasteiger partial charge in [0.2, 0.25) is 5.91 Å². The number of hydrogen-bond acceptors (Lipinski definition) is 7. The second kappa shape index (κ2) is 11.5. The number of aryl methyl sites for hydroxylation is 2. The van der Waals surface area contributed by atoms with Gasteiger partial charge in [0.1, 0.15) is 18.0 Å². The third-order valence-electron chi connectivity index (χ3n) is 6.48. The Balaban J connectivity index is 1.46. The Morgan fingerprint density at radius 3 is 2.57 bits per heavy atom. The molecule has 4 rings (SSSR count). The summed E-state index contributed by atoms with van der Waals surface area (Å²) in [6, 6.07) is 10.5. The minimum atomic E-state index is -0.379. The minimum Gasteiger partial charge on any atom is -0.485 e. The molecule has 0 bridgehead atoms. The molecule has 0 radical (unpaired) electrons. The van der Waals surface area contributed by atoms with Crippen molar-refractivity contribution in [1.82, 2.24) is 4.90 Å². The highest BCUT2D eigenvalue weighted by Crippen LogP contribution is 2.33. The molecule has 0 aromatic heterocycles. The first-order valence-corrected chi connectivity index (χ1v) is 12.5. The monoisotopic (exact) mass is 508 g/mol. The highest BCUT2D eigenvalue weighted by atomic mass is 16.5. The van der Waals surface area contributed by atoms with Crippen LogP contribution in [0.4, 0.5) is 5.69 Å². The molecule has 2 aliphatic rings. The number of ketones is 1. The molecule has 196 valence electrons. The van der Waals surface area contributed by atoms with Crippen molar-refractivity contribution in [3.8, 4) is 11.5 Å². The molecule has 0 spiro atoms. The first-order chi connectivity index (χ1) is 17.7. The summed E-state index contributed by atoms with van der Waals surface area (Å²) in [5.74, 6) is -0.564. The third-order valence-corrected chi connectivity index (χ3v) is 6.48. The molecule has 0 saturated carbocycles. The number of likely N-dealkylation sites (tertiary alicyclic amines) is 1. The number of benzene rings is 2. The predicted octanol–water partition coefficient (Wildman–Crippen LogP) is 3.09. The zero-order valence-corrected chi connectivity index (χ0v) is 21.5. The van der Waals surface area contributed by atoms with E-state index in [9.17, 15) is 19.2 Å². The molecule has 1 saturated heterocycles. The van der Waals surface area contributed by atoms with Crippen LogP contribution in [0.1, 0.15) is 41.3 Å². The molecule has 0 N–H and O–H groups in total. The summed E-state index contributed by atoms with van der Waals surface area (Å²) in [4.78, 5) is 53.9. The van der Waals surface area contributed by atoms with Crippen molar-refractivity contribution >= 4 is 29.3 Å². The number of piperidine rings is 1. The van der Waals surface area contributed by atoms with Crippen molar-refractivity contribution < 1.29 is 33.4 Å². The van der Waals surface area contributed by atoms with Gasteiger partial charge < -0.3 is 19.1 Å². The maximum atomic E-state index is 13.1. The smallest absolute Gasteiger partial charge is 0.310 e. The van der Waals surface area contributed by atoms with E-state index in [0.717, 1.165) is 11.1 Å². The van der Waals surface area contributed by atoms with Crippen LogP contribution in [0.2, 0.25) is 0 Å². The molecule has 0 unspecified atom stereocenters.